The minimum atomic E-state index is 0.120. The molecule has 0 spiro atoms. The molecule has 0 aliphatic rings. The molecule has 0 unspecified atom stereocenters. The number of carbonyl (C=O) groups is 1. The fourth-order valence-electron chi connectivity index (χ4n) is 2.58. The Balaban J connectivity index is 2.81. The lowest BCUT2D eigenvalue weighted by Crippen LogP contribution is -2.03. The van der Waals surface area contributed by atoms with Gasteiger partial charge in [0.15, 0.2) is 5.78 Å². The van der Waals surface area contributed by atoms with Crippen molar-refractivity contribution in [1.29, 1.82) is 0 Å². The van der Waals surface area contributed by atoms with Gasteiger partial charge in [0.2, 0.25) is 0 Å². The molecule has 0 heterocycles. The number of Topliss-reactive ketones (excluding diaryl/α,β-unsaturated/α-hetero) is 1. The number of ketones is 1. The van der Waals surface area contributed by atoms with Crippen LogP contribution < -0.4 is 0 Å². The predicted octanol–water partition coefficient (Wildman–Crippen LogP) is 5.02. The molecule has 0 N–H and O–H groups in total. The Morgan fingerprint density at radius 3 is 2.05 bits per heavy atom. The van der Waals surface area contributed by atoms with Crippen molar-refractivity contribution in [2.75, 3.05) is 0 Å². The molecule has 0 saturated carbocycles. The number of carbonyl (C=O) groups excluding carboxylic acids is 1. The monoisotopic (exact) mass is 278 g/mol. The maximum absolute atomic E-state index is 12.0. The van der Waals surface area contributed by atoms with Crippen LogP contribution in [0.15, 0.2) is 48.0 Å². The van der Waals surface area contributed by atoms with E-state index in [1.165, 1.54) is 16.7 Å². The summed E-state index contributed by atoms with van der Waals surface area (Å²) in [4.78, 5) is 12.0. The maximum atomic E-state index is 12.0. The van der Waals surface area contributed by atoms with Gasteiger partial charge < -0.3 is 0 Å². The van der Waals surface area contributed by atoms with Gasteiger partial charge in [0, 0.05) is 5.57 Å². The first kappa shape index (κ1) is 15.2. The topological polar surface area (TPSA) is 17.1 Å². The Bertz CT molecular complexity index is 720. The molecular formula is C20H22O. The summed E-state index contributed by atoms with van der Waals surface area (Å²) in [6, 6.07) is 14.6. The molecule has 1 heteroatoms. The lowest BCUT2D eigenvalue weighted by atomic mass is 9.87. The second-order valence-corrected chi connectivity index (χ2v) is 5.69. The van der Waals surface area contributed by atoms with Gasteiger partial charge in [0.1, 0.15) is 0 Å². The highest BCUT2D eigenvalue weighted by Gasteiger charge is 2.15. The molecule has 0 aliphatic heterocycles. The van der Waals surface area contributed by atoms with Crippen molar-refractivity contribution in [3.63, 3.8) is 0 Å². The Morgan fingerprint density at radius 1 is 0.810 bits per heavy atom. The fourth-order valence-corrected chi connectivity index (χ4v) is 2.58. The molecule has 0 fully saturated rings. The summed E-state index contributed by atoms with van der Waals surface area (Å²) < 4.78 is 0. The van der Waals surface area contributed by atoms with E-state index in [2.05, 4.69) is 51.1 Å². The summed E-state index contributed by atoms with van der Waals surface area (Å²) >= 11 is 0. The van der Waals surface area contributed by atoms with Crippen molar-refractivity contribution < 1.29 is 4.79 Å². The number of allylic oxidation sites excluding steroid dienone is 1. The Hall–Kier alpha value is -2.15. The van der Waals surface area contributed by atoms with Crippen LogP contribution in [-0.4, -0.2) is 5.78 Å². The van der Waals surface area contributed by atoms with Gasteiger partial charge in [0.05, 0.1) is 0 Å². The highest BCUT2D eigenvalue weighted by molar-refractivity contribution is 6.04. The minimum Gasteiger partial charge on any atom is -0.295 e. The van der Waals surface area contributed by atoms with E-state index in [9.17, 15) is 4.79 Å². The third-order valence-corrected chi connectivity index (χ3v) is 3.98. The average molecular weight is 278 g/mol. The van der Waals surface area contributed by atoms with Crippen molar-refractivity contribution in [1.82, 2.24) is 0 Å². The van der Waals surface area contributed by atoms with E-state index in [1.54, 1.807) is 6.92 Å². The number of hydrogen-bond acceptors (Lipinski definition) is 1. The summed E-state index contributed by atoms with van der Waals surface area (Å²) in [6.45, 7) is 9.83. The van der Waals surface area contributed by atoms with Gasteiger partial charge in [0.25, 0.3) is 0 Å². The summed E-state index contributed by atoms with van der Waals surface area (Å²) in [7, 11) is 0. The molecule has 0 aliphatic carbocycles. The maximum Gasteiger partial charge on any atom is 0.156 e. The molecule has 0 radical (unpaired) electrons. The van der Waals surface area contributed by atoms with E-state index in [-0.39, 0.29) is 5.78 Å². The van der Waals surface area contributed by atoms with Crippen LogP contribution in [0.1, 0.15) is 41.7 Å². The smallest absolute Gasteiger partial charge is 0.156 e. The quantitative estimate of drug-likeness (QED) is 0.720. The first-order valence-electron chi connectivity index (χ1n) is 7.27. The SMILES string of the molecule is CC(=O)/C(C)=C(\c1ccccc1C)c1cc(C)ccc1C. The molecule has 2 aromatic carbocycles. The van der Waals surface area contributed by atoms with E-state index in [4.69, 9.17) is 0 Å². The molecule has 0 aromatic heterocycles. The second kappa shape index (κ2) is 6.09. The van der Waals surface area contributed by atoms with Crippen LogP contribution in [0.3, 0.4) is 0 Å². The first-order chi connectivity index (χ1) is 9.91. The number of aryl methyl sites for hydroxylation is 3. The van der Waals surface area contributed by atoms with Gasteiger partial charge >= 0.3 is 0 Å². The van der Waals surface area contributed by atoms with Crippen LogP contribution in [0.2, 0.25) is 0 Å². The van der Waals surface area contributed by atoms with Gasteiger partial charge in [-0.3, -0.25) is 4.79 Å². The van der Waals surface area contributed by atoms with E-state index >= 15 is 0 Å². The van der Waals surface area contributed by atoms with Crippen molar-refractivity contribution >= 4 is 11.4 Å². The summed E-state index contributed by atoms with van der Waals surface area (Å²) in [5, 5.41) is 0. The molecule has 0 amide bonds. The summed E-state index contributed by atoms with van der Waals surface area (Å²) in [5.41, 5.74) is 7.75. The normalized spacial score (nSPS) is 12.0. The fraction of sp³-hybridized carbons (Fsp3) is 0.250. The number of hydrogen-bond donors (Lipinski definition) is 0. The van der Waals surface area contributed by atoms with Crippen LogP contribution in [0.4, 0.5) is 0 Å². The first-order valence-corrected chi connectivity index (χ1v) is 7.27. The van der Waals surface area contributed by atoms with Gasteiger partial charge in [-0.05, 0) is 62.4 Å². The molecule has 1 nitrogen and oxygen atoms in total. The van der Waals surface area contributed by atoms with E-state index < -0.39 is 0 Å². The van der Waals surface area contributed by atoms with E-state index in [0.717, 1.165) is 22.3 Å². The highest BCUT2D eigenvalue weighted by Crippen LogP contribution is 2.32. The van der Waals surface area contributed by atoms with Crippen molar-refractivity contribution in [3.8, 4) is 0 Å². The zero-order chi connectivity index (χ0) is 15.6. The van der Waals surface area contributed by atoms with Crippen molar-refractivity contribution in [3.05, 3.63) is 75.9 Å². The second-order valence-electron chi connectivity index (χ2n) is 5.69. The molecule has 0 atom stereocenters. The van der Waals surface area contributed by atoms with Gasteiger partial charge in [-0.25, -0.2) is 0 Å². The lowest BCUT2D eigenvalue weighted by Gasteiger charge is -2.17. The summed E-state index contributed by atoms with van der Waals surface area (Å²) in [6.07, 6.45) is 0. The zero-order valence-corrected chi connectivity index (χ0v) is 13.4. The van der Waals surface area contributed by atoms with Crippen molar-refractivity contribution in [2.45, 2.75) is 34.6 Å². The van der Waals surface area contributed by atoms with Gasteiger partial charge in [-0.2, -0.15) is 0 Å². The molecule has 2 aromatic rings. The standard InChI is InChI=1S/C20H22O/c1-13-10-11-15(3)19(12-13)20(16(4)17(5)21)18-9-7-6-8-14(18)2/h6-12H,1-5H3/b20-16+. The predicted molar refractivity (Wildman–Crippen MR) is 89.5 cm³/mol. The third-order valence-electron chi connectivity index (χ3n) is 3.98. The average Bonchev–Trinajstić information content (AvgIpc) is 2.44. The van der Waals surface area contributed by atoms with Crippen LogP contribution in [0.25, 0.3) is 5.57 Å². The number of benzene rings is 2. The number of rotatable bonds is 3. The van der Waals surface area contributed by atoms with Crippen LogP contribution in [-0.2, 0) is 4.79 Å². The molecular weight excluding hydrogens is 256 g/mol. The highest BCUT2D eigenvalue weighted by atomic mass is 16.1. The Morgan fingerprint density at radius 2 is 1.43 bits per heavy atom. The minimum absolute atomic E-state index is 0.120. The van der Waals surface area contributed by atoms with Crippen LogP contribution >= 0.6 is 0 Å². The molecule has 0 saturated heterocycles. The Kier molecular flexibility index (Phi) is 4.42. The van der Waals surface area contributed by atoms with E-state index in [0.29, 0.717) is 0 Å². The van der Waals surface area contributed by atoms with E-state index in [1.807, 2.05) is 19.1 Å². The van der Waals surface area contributed by atoms with Gasteiger partial charge in [-0.1, -0.05) is 48.0 Å². The molecule has 21 heavy (non-hydrogen) atoms. The lowest BCUT2D eigenvalue weighted by molar-refractivity contribution is -0.113. The molecule has 0 bridgehead atoms. The molecule has 108 valence electrons. The largest absolute Gasteiger partial charge is 0.295 e. The Labute approximate surface area is 127 Å². The van der Waals surface area contributed by atoms with Gasteiger partial charge in [-0.15, -0.1) is 0 Å². The van der Waals surface area contributed by atoms with Crippen molar-refractivity contribution in [2.24, 2.45) is 0 Å². The van der Waals surface area contributed by atoms with Crippen LogP contribution in [0, 0.1) is 20.8 Å². The van der Waals surface area contributed by atoms with Crippen LogP contribution in [0.5, 0.6) is 0 Å². The zero-order valence-electron chi connectivity index (χ0n) is 13.4. The molecule has 2 rings (SSSR count). The third kappa shape index (κ3) is 3.13. The summed E-state index contributed by atoms with van der Waals surface area (Å²) in [5.74, 6) is 0.120.